The fourth-order valence-corrected chi connectivity index (χ4v) is 6.78. The van der Waals surface area contributed by atoms with Crippen molar-refractivity contribution >= 4 is 79.4 Å². The first-order valence-corrected chi connectivity index (χ1v) is 19.1. The van der Waals surface area contributed by atoms with Crippen LogP contribution < -0.4 is 41.9 Å². The number of anilines is 2. The molecule has 0 saturated carbocycles. The number of halogens is 1. The molecule has 9 rings (SSSR count). The largest absolute Gasteiger partial charge is 0.482 e. The van der Waals surface area contributed by atoms with Crippen molar-refractivity contribution in [1.29, 1.82) is 0 Å². The number of fused-ring (bicyclic) bond motifs is 4. The summed E-state index contributed by atoms with van der Waals surface area (Å²) in [6.07, 6.45) is 0. The molecule has 0 saturated heterocycles. The molecule has 0 unspecified atom stereocenters. The van der Waals surface area contributed by atoms with Gasteiger partial charge in [0, 0.05) is 16.7 Å². The highest BCUT2D eigenvalue weighted by molar-refractivity contribution is 14.1. The van der Waals surface area contributed by atoms with Crippen molar-refractivity contribution in [2.75, 3.05) is 23.8 Å². The Kier molecular flexibility index (Phi) is 10.8. The summed E-state index contributed by atoms with van der Waals surface area (Å²) in [5.74, 6) is -0.411. The van der Waals surface area contributed by atoms with Crippen LogP contribution in [0, 0.1) is 3.57 Å². The van der Waals surface area contributed by atoms with Gasteiger partial charge in [0.1, 0.15) is 11.5 Å². The van der Waals surface area contributed by atoms with Gasteiger partial charge < -0.3 is 40.7 Å². The third-order valence-corrected chi connectivity index (χ3v) is 9.84. The Morgan fingerprint density at radius 1 is 0.593 bits per heavy atom. The van der Waals surface area contributed by atoms with Crippen LogP contribution in [-0.2, 0) is 22.7 Å². The van der Waals surface area contributed by atoms with E-state index in [4.69, 9.17) is 9.47 Å². The van der Waals surface area contributed by atoms with E-state index in [1.165, 1.54) is 0 Å². The number of rotatable bonds is 7. The molecule has 0 fully saturated rings. The Balaban J connectivity index is 0.000000167. The summed E-state index contributed by atoms with van der Waals surface area (Å²) in [6, 6.07) is 30.8. The first-order valence-electron chi connectivity index (χ1n) is 18.0. The van der Waals surface area contributed by atoms with E-state index in [2.05, 4.69) is 63.8 Å². The molecule has 2 aromatic heterocycles. The average Bonchev–Trinajstić information content (AvgIpc) is 3.25. The lowest BCUT2D eigenvalue weighted by atomic mass is 10.0. The van der Waals surface area contributed by atoms with E-state index >= 15 is 0 Å². The van der Waals surface area contributed by atoms with E-state index in [0.717, 1.165) is 25.8 Å². The highest BCUT2D eigenvalue weighted by Gasteiger charge is 2.19. The smallest absolute Gasteiger partial charge is 0.287 e. The van der Waals surface area contributed by atoms with E-state index in [0.29, 0.717) is 44.7 Å². The molecule has 2 aliphatic heterocycles. The molecule has 294 valence electrons. The topological polar surface area (TPSA) is 226 Å². The molecule has 0 spiro atoms. The zero-order valence-corrected chi connectivity index (χ0v) is 32.8. The van der Waals surface area contributed by atoms with Gasteiger partial charge in [-0.05, 0) is 99.4 Å². The third kappa shape index (κ3) is 8.79. The Bertz CT molecular complexity index is 2950. The van der Waals surface area contributed by atoms with Gasteiger partial charge in [-0.1, -0.05) is 48.5 Å². The van der Waals surface area contributed by atoms with Crippen LogP contribution in [0.4, 0.5) is 11.4 Å². The van der Waals surface area contributed by atoms with Crippen molar-refractivity contribution in [3.63, 3.8) is 0 Å². The van der Waals surface area contributed by atoms with Crippen LogP contribution in [0.25, 0.3) is 32.9 Å². The van der Waals surface area contributed by atoms with Gasteiger partial charge in [-0.2, -0.15) is 0 Å². The lowest BCUT2D eigenvalue weighted by molar-refractivity contribution is -0.119. The molecule has 16 nitrogen and oxygen atoms in total. The molecule has 4 amide bonds. The van der Waals surface area contributed by atoms with Crippen LogP contribution in [0.15, 0.2) is 113 Å². The SMILES string of the molecule is O=C1COc2ccc(CNC(=O)c3nc4ccc(-c5ccccc5)cc4c(=O)[nH]3)cc2N1.O=C1COc2ccc(CNC(=O)c3nc4ccc(I)cc4c(=O)[nH]3)cc2N1. The molecule has 0 radical (unpaired) electrons. The predicted molar refractivity (Wildman–Crippen MR) is 226 cm³/mol. The fraction of sp³-hybridized carbons (Fsp3) is 0.0952. The fourth-order valence-electron chi connectivity index (χ4n) is 6.29. The zero-order chi connectivity index (χ0) is 41.0. The average molecular weight is 903 g/mol. The summed E-state index contributed by atoms with van der Waals surface area (Å²) in [4.78, 5) is 86.3. The number of aromatic nitrogens is 4. The third-order valence-electron chi connectivity index (χ3n) is 9.17. The minimum absolute atomic E-state index is 0.0108. The van der Waals surface area contributed by atoms with Crippen LogP contribution >= 0.6 is 22.6 Å². The molecule has 0 bridgehead atoms. The summed E-state index contributed by atoms with van der Waals surface area (Å²) < 4.78 is 11.5. The second kappa shape index (κ2) is 16.6. The van der Waals surface area contributed by atoms with Gasteiger partial charge in [0.25, 0.3) is 34.7 Å². The lowest BCUT2D eigenvalue weighted by Crippen LogP contribution is -2.28. The molecule has 0 atom stereocenters. The number of H-pyrrole nitrogens is 2. The molecule has 0 aliphatic carbocycles. The molecule has 5 aromatic carbocycles. The van der Waals surface area contributed by atoms with Crippen LogP contribution in [0.2, 0.25) is 0 Å². The van der Waals surface area contributed by atoms with Gasteiger partial charge in [0.2, 0.25) is 0 Å². The Hall–Kier alpha value is -7.41. The van der Waals surface area contributed by atoms with E-state index < -0.39 is 11.8 Å². The van der Waals surface area contributed by atoms with Gasteiger partial charge in [0.05, 0.1) is 33.2 Å². The molecule has 59 heavy (non-hydrogen) atoms. The van der Waals surface area contributed by atoms with Crippen molar-refractivity contribution in [3.05, 3.63) is 150 Å². The summed E-state index contributed by atoms with van der Waals surface area (Å²) in [5.41, 5.74) is 4.68. The summed E-state index contributed by atoms with van der Waals surface area (Å²) in [5, 5.41) is 11.7. The van der Waals surface area contributed by atoms with Crippen molar-refractivity contribution < 1.29 is 28.7 Å². The number of aromatic amines is 2. The number of carbonyl (C=O) groups is 4. The standard InChI is InChI=1S/C24H18N4O4.C18H13IN4O4/c29-21-13-32-20-9-6-14(10-19(20)26-21)12-25-24(31)22-27-18-8-7-16(11-17(18)23(30)28-22)15-4-2-1-3-5-15;19-10-2-3-12-11(6-10)17(25)23-16(22-12)18(26)20-7-9-1-4-14-13(5-9)21-15(24)8-27-14/h1-11H,12-13H2,(H,25,31)(H,26,29)(H,27,28,30);1-6H,7-8H2,(H,20,26)(H,21,24)(H,22,23,25). The van der Waals surface area contributed by atoms with Crippen molar-refractivity contribution in [3.8, 4) is 22.6 Å². The van der Waals surface area contributed by atoms with Crippen LogP contribution in [-0.4, -0.2) is 56.8 Å². The zero-order valence-electron chi connectivity index (χ0n) is 30.7. The first kappa shape index (κ1) is 38.5. The van der Waals surface area contributed by atoms with Crippen molar-refractivity contribution in [1.82, 2.24) is 30.6 Å². The maximum Gasteiger partial charge on any atom is 0.287 e. The second-order valence-corrected chi connectivity index (χ2v) is 14.5. The van der Waals surface area contributed by atoms with Gasteiger partial charge in [-0.25, -0.2) is 9.97 Å². The Morgan fingerprint density at radius 3 is 1.64 bits per heavy atom. The molecule has 2 aliphatic rings. The maximum atomic E-state index is 12.6. The van der Waals surface area contributed by atoms with Crippen LogP contribution in [0.1, 0.15) is 32.4 Å². The van der Waals surface area contributed by atoms with E-state index in [-0.39, 0.29) is 60.9 Å². The second-order valence-electron chi connectivity index (χ2n) is 13.3. The number of nitrogens with one attached hydrogen (secondary N) is 6. The first-order chi connectivity index (χ1) is 28.6. The number of carbonyl (C=O) groups excluding carboxylic acids is 4. The summed E-state index contributed by atoms with van der Waals surface area (Å²) in [7, 11) is 0. The minimum Gasteiger partial charge on any atom is -0.482 e. The Labute approximate surface area is 346 Å². The molecule has 4 heterocycles. The van der Waals surface area contributed by atoms with E-state index in [1.54, 1.807) is 60.7 Å². The predicted octanol–water partition coefficient (Wildman–Crippen LogP) is 4.64. The normalized spacial score (nSPS) is 12.7. The van der Waals surface area contributed by atoms with Gasteiger partial charge in [-0.15, -0.1) is 0 Å². The molecular weight excluding hydrogens is 871 g/mol. The van der Waals surface area contributed by atoms with Crippen LogP contribution in [0.3, 0.4) is 0 Å². The summed E-state index contributed by atoms with van der Waals surface area (Å²) >= 11 is 2.11. The number of hydrogen-bond acceptors (Lipinski definition) is 10. The van der Waals surface area contributed by atoms with Gasteiger partial charge in [-0.3, -0.25) is 28.8 Å². The van der Waals surface area contributed by atoms with Crippen molar-refractivity contribution in [2.45, 2.75) is 13.1 Å². The monoisotopic (exact) mass is 902 g/mol. The molecule has 17 heteroatoms. The maximum absolute atomic E-state index is 12.6. The highest BCUT2D eigenvalue weighted by atomic mass is 127. The number of nitrogens with zero attached hydrogens (tertiary/aromatic N) is 2. The van der Waals surface area contributed by atoms with Crippen molar-refractivity contribution in [2.24, 2.45) is 0 Å². The Morgan fingerprint density at radius 2 is 1.10 bits per heavy atom. The minimum atomic E-state index is -0.505. The quantitative estimate of drug-likeness (QED) is 0.122. The van der Waals surface area contributed by atoms with Gasteiger partial charge in [0.15, 0.2) is 24.9 Å². The summed E-state index contributed by atoms with van der Waals surface area (Å²) in [6.45, 7) is 0.368. The number of ether oxygens (including phenoxy) is 2. The molecule has 7 aromatic rings. The highest BCUT2D eigenvalue weighted by Crippen LogP contribution is 2.29. The number of benzene rings is 5. The van der Waals surface area contributed by atoms with E-state index in [9.17, 15) is 28.8 Å². The molecule has 6 N–H and O–H groups in total. The lowest BCUT2D eigenvalue weighted by Gasteiger charge is -2.18. The number of hydrogen-bond donors (Lipinski definition) is 6. The van der Waals surface area contributed by atoms with E-state index in [1.807, 2.05) is 42.5 Å². The molecular formula is C42H31IN8O8. The van der Waals surface area contributed by atoms with Crippen LogP contribution in [0.5, 0.6) is 11.5 Å². The number of amides is 4. The van der Waals surface area contributed by atoms with Gasteiger partial charge >= 0.3 is 0 Å².